The molecule has 128 valence electrons. The number of pyridine rings is 1. The Morgan fingerprint density at radius 2 is 2.38 bits per heavy atom. The van der Waals surface area contributed by atoms with E-state index in [-0.39, 0.29) is 11.7 Å². The molecule has 0 bridgehead atoms. The van der Waals surface area contributed by atoms with Crippen LogP contribution in [0.2, 0.25) is 0 Å². The summed E-state index contributed by atoms with van der Waals surface area (Å²) >= 11 is 0. The predicted octanol–water partition coefficient (Wildman–Crippen LogP) is 1.77. The van der Waals surface area contributed by atoms with Crippen molar-refractivity contribution in [3.8, 4) is 0 Å². The van der Waals surface area contributed by atoms with E-state index in [2.05, 4.69) is 21.2 Å². The van der Waals surface area contributed by atoms with Gasteiger partial charge in [-0.25, -0.2) is 0 Å². The van der Waals surface area contributed by atoms with E-state index >= 15 is 0 Å². The highest BCUT2D eigenvalue weighted by Gasteiger charge is 2.45. The molecule has 2 aromatic rings. The van der Waals surface area contributed by atoms with E-state index in [1.807, 2.05) is 36.1 Å². The lowest BCUT2D eigenvalue weighted by atomic mass is 9.98. The van der Waals surface area contributed by atoms with Crippen molar-refractivity contribution >= 4 is 0 Å². The first-order chi connectivity index (χ1) is 11.7. The minimum Gasteiger partial charge on any atom is -0.371 e. The summed E-state index contributed by atoms with van der Waals surface area (Å²) in [4.78, 5) is 6.76. The molecule has 2 aliphatic heterocycles. The minimum atomic E-state index is -0.0308. The summed E-state index contributed by atoms with van der Waals surface area (Å²) < 4.78 is 14.0. The van der Waals surface area contributed by atoms with E-state index in [0.717, 1.165) is 38.2 Å². The average Bonchev–Trinajstić information content (AvgIpc) is 3.29. The van der Waals surface area contributed by atoms with Gasteiger partial charge in [0.25, 0.3) is 0 Å². The van der Waals surface area contributed by atoms with Crippen molar-refractivity contribution in [2.45, 2.75) is 37.7 Å². The molecule has 2 atom stereocenters. The van der Waals surface area contributed by atoms with Gasteiger partial charge < -0.3 is 9.47 Å². The van der Waals surface area contributed by atoms with E-state index in [1.54, 1.807) is 6.20 Å². The number of hydrogen-bond acceptors (Lipinski definition) is 5. The van der Waals surface area contributed by atoms with Crippen LogP contribution in [0.15, 0.2) is 36.8 Å². The van der Waals surface area contributed by atoms with Gasteiger partial charge in [-0.05, 0) is 18.6 Å². The molecule has 4 rings (SSSR count). The molecule has 2 saturated heterocycles. The zero-order valence-corrected chi connectivity index (χ0v) is 14.1. The monoisotopic (exact) mass is 328 g/mol. The second-order valence-electron chi connectivity index (χ2n) is 6.94. The van der Waals surface area contributed by atoms with Crippen molar-refractivity contribution in [3.05, 3.63) is 48.0 Å². The fourth-order valence-electron chi connectivity index (χ4n) is 3.75. The molecule has 6 nitrogen and oxygen atoms in total. The molecule has 0 saturated carbocycles. The van der Waals surface area contributed by atoms with Crippen molar-refractivity contribution in [2.24, 2.45) is 7.05 Å². The highest BCUT2D eigenvalue weighted by molar-refractivity contribution is 5.06. The number of aromatic nitrogens is 3. The predicted molar refractivity (Wildman–Crippen MR) is 89.2 cm³/mol. The lowest BCUT2D eigenvalue weighted by molar-refractivity contribution is -0.000796. The van der Waals surface area contributed by atoms with Gasteiger partial charge in [0.05, 0.1) is 36.8 Å². The third kappa shape index (κ3) is 3.50. The van der Waals surface area contributed by atoms with Crippen molar-refractivity contribution in [3.63, 3.8) is 0 Å². The number of hydrogen-bond donors (Lipinski definition) is 0. The van der Waals surface area contributed by atoms with Gasteiger partial charge >= 0.3 is 0 Å². The van der Waals surface area contributed by atoms with E-state index in [9.17, 15) is 0 Å². The van der Waals surface area contributed by atoms with Crippen molar-refractivity contribution in [2.75, 3.05) is 19.7 Å². The standard InChI is InChI=1S/C18H24N4O2/c1-21-10-15(9-20-21)11-22-7-5-18(14-22)8-17(13-24-18)23-12-16-4-2-3-6-19-16/h2-4,6,9-10,17H,5,7-8,11-14H2,1H3/t17-,18+/m0/s1. The second-order valence-corrected chi connectivity index (χ2v) is 6.94. The Labute approximate surface area is 142 Å². The largest absolute Gasteiger partial charge is 0.371 e. The molecule has 2 aliphatic rings. The molecule has 2 aromatic heterocycles. The number of likely N-dealkylation sites (tertiary alicyclic amines) is 1. The summed E-state index contributed by atoms with van der Waals surface area (Å²) in [5.74, 6) is 0. The van der Waals surface area contributed by atoms with Crippen molar-refractivity contribution in [1.29, 1.82) is 0 Å². The summed E-state index contributed by atoms with van der Waals surface area (Å²) in [6, 6.07) is 5.91. The Morgan fingerprint density at radius 3 is 3.17 bits per heavy atom. The first kappa shape index (κ1) is 15.7. The molecule has 0 aromatic carbocycles. The van der Waals surface area contributed by atoms with Crippen LogP contribution in [-0.2, 0) is 29.7 Å². The Morgan fingerprint density at radius 1 is 1.42 bits per heavy atom. The highest BCUT2D eigenvalue weighted by atomic mass is 16.6. The van der Waals surface area contributed by atoms with Crippen LogP contribution in [0, 0.1) is 0 Å². The van der Waals surface area contributed by atoms with Gasteiger partial charge in [-0.1, -0.05) is 6.07 Å². The molecule has 0 amide bonds. The normalized spacial score (nSPS) is 27.3. The summed E-state index contributed by atoms with van der Waals surface area (Å²) in [6.07, 6.45) is 8.06. The Kier molecular flexibility index (Phi) is 4.35. The lowest BCUT2D eigenvalue weighted by Gasteiger charge is -2.23. The SMILES string of the molecule is Cn1cc(CN2CC[C@@]3(C[C@H](OCc4ccccn4)CO3)C2)cn1. The third-order valence-electron chi connectivity index (χ3n) is 4.93. The molecule has 1 spiro atoms. The number of aryl methyl sites for hydroxylation is 1. The van der Waals surface area contributed by atoms with Gasteiger partial charge in [-0.2, -0.15) is 5.10 Å². The molecule has 0 unspecified atom stereocenters. The molecule has 6 heteroatoms. The van der Waals surface area contributed by atoms with Gasteiger partial charge in [0.2, 0.25) is 0 Å². The van der Waals surface area contributed by atoms with Crippen molar-refractivity contribution < 1.29 is 9.47 Å². The minimum absolute atomic E-state index is 0.0308. The molecule has 2 fully saturated rings. The number of rotatable bonds is 5. The first-order valence-electron chi connectivity index (χ1n) is 8.56. The van der Waals surface area contributed by atoms with Gasteiger partial charge in [-0.15, -0.1) is 0 Å². The van der Waals surface area contributed by atoms with E-state index in [4.69, 9.17) is 9.47 Å². The lowest BCUT2D eigenvalue weighted by Crippen LogP contribution is -2.32. The van der Waals surface area contributed by atoms with Crippen LogP contribution in [0.5, 0.6) is 0 Å². The Bertz CT molecular complexity index is 675. The summed E-state index contributed by atoms with van der Waals surface area (Å²) in [5, 5.41) is 4.25. The van der Waals surface area contributed by atoms with Crippen LogP contribution >= 0.6 is 0 Å². The van der Waals surface area contributed by atoms with Gasteiger partial charge in [0.15, 0.2) is 0 Å². The van der Waals surface area contributed by atoms with Gasteiger partial charge in [0.1, 0.15) is 0 Å². The molecule has 24 heavy (non-hydrogen) atoms. The quantitative estimate of drug-likeness (QED) is 0.837. The maximum absolute atomic E-state index is 6.17. The van der Waals surface area contributed by atoms with Crippen LogP contribution in [0.3, 0.4) is 0 Å². The number of nitrogens with zero attached hydrogens (tertiary/aromatic N) is 4. The van der Waals surface area contributed by atoms with Crippen molar-refractivity contribution in [1.82, 2.24) is 19.7 Å². The van der Waals surface area contributed by atoms with E-state index < -0.39 is 0 Å². The van der Waals surface area contributed by atoms with Crippen LogP contribution in [0.25, 0.3) is 0 Å². The Balaban J connectivity index is 1.28. The molecule has 0 N–H and O–H groups in total. The summed E-state index contributed by atoms with van der Waals surface area (Å²) in [5.41, 5.74) is 2.20. The van der Waals surface area contributed by atoms with E-state index in [1.165, 1.54) is 5.56 Å². The fourth-order valence-corrected chi connectivity index (χ4v) is 3.75. The molecule has 0 aliphatic carbocycles. The summed E-state index contributed by atoms with van der Waals surface area (Å²) in [7, 11) is 1.96. The van der Waals surface area contributed by atoms with Gasteiger partial charge in [-0.3, -0.25) is 14.6 Å². The maximum Gasteiger partial charge on any atom is 0.0892 e. The van der Waals surface area contributed by atoms with Crippen LogP contribution < -0.4 is 0 Å². The maximum atomic E-state index is 6.17. The average molecular weight is 328 g/mol. The fraction of sp³-hybridized carbons (Fsp3) is 0.556. The topological polar surface area (TPSA) is 52.4 Å². The van der Waals surface area contributed by atoms with E-state index in [0.29, 0.717) is 13.2 Å². The highest BCUT2D eigenvalue weighted by Crippen LogP contribution is 2.36. The molecule has 4 heterocycles. The molecular formula is C18H24N4O2. The summed E-state index contributed by atoms with van der Waals surface area (Å²) in [6.45, 7) is 4.24. The second kappa shape index (κ2) is 6.63. The first-order valence-corrected chi connectivity index (χ1v) is 8.56. The molecular weight excluding hydrogens is 304 g/mol. The van der Waals surface area contributed by atoms with Gasteiger partial charge in [0, 0.05) is 51.1 Å². The number of ether oxygens (including phenoxy) is 2. The third-order valence-corrected chi connectivity index (χ3v) is 4.93. The van der Waals surface area contributed by atoms with Crippen LogP contribution in [0.4, 0.5) is 0 Å². The zero-order valence-electron chi connectivity index (χ0n) is 14.1. The smallest absolute Gasteiger partial charge is 0.0892 e. The molecule has 0 radical (unpaired) electrons. The van der Waals surface area contributed by atoms with Crippen LogP contribution in [-0.4, -0.2) is 51.1 Å². The zero-order chi connectivity index (χ0) is 16.4. The Hall–Kier alpha value is -1.76. The van der Waals surface area contributed by atoms with Crippen LogP contribution in [0.1, 0.15) is 24.1 Å².